The predicted molar refractivity (Wildman–Crippen MR) is 113 cm³/mol. The topological polar surface area (TPSA) is 112 Å². The minimum atomic E-state index is -0.629. The molecule has 1 N–H and O–H groups in total. The highest BCUT2D eigenvalue weighted by Gasteiger charge is 2.20. The number of methoxy groups -OCH3 is 2. The highest BCUT2D eigenvalue weighted by molar-refractivity contribution is 7.99. The molecule has 0 spiro atoms. The molecule has 0 atom stereocenters. The van der Waals surface area contributed by atoms with Gasteiger partial charge in [-0.2, -0.15) is 0 Å². The smallest absolute Gasteiger partial charge is 0.339 e. The second-order valence-corrected chi connectivity index (χ2v) is 7.98. The van der Waals surface area contributed by atoms with Crippen molar-refractivity contribution in [3.05, 3.63) is 35.2 Å². The van der Waals surface area contributed by atoms with Crippen LogP contribution in [0.15, 0.2) is 23.4 Å². The van der Waals surface area contributed by atoms with Crippen LogP contribution in [0.2, 0.25) is 0 Å². The van der Waals surface area contributed by atoms with Crippen molar-refractivity contribution in [3.63, 3.8) is 0 Å². The molecule has 0 aliphatic rings. The van der Waals surface area contributed by atoms with Gasteiger partial charge < -0.3 is 19.4 Å². The number of carbonyl (C=O) groups excluding carboxylic acids is 3. The Morgan fingerprint density at radius 2 is 1.73 bits per heavy atom. The van der Waals surface area contributed by atoms with E-state index in [2.05, 4.69) is 15.5 Å². The molecule has 30 heavy (non-hydrogen) atoms. The van der Waals surface area contributed by atoms with Crippen LogP contribution in [0.1, 0.15) is 66.2 Å². The molecule has 1 heterocycles. The number of ether oxygens (including phenoxy) is 2. The molecule has 0 saturated heterocycles. The Morgan fingerprint density at radius 3 is 2.30 bits per heavy atom. The zero-order valence-electron chi connectivity index (χ0n) is 17.9. The number of carbonyl (C=O) groups is 3. The summed E-state index contributed by atoms with van der Waals surface area (Å²) in [6.45, 7) is 8.13. The molecule has 10 heteroatoms. The summed E-state index contributed by atoms with van der Waals surface area (Å²) >= 11 is 1.25. The van der Waals surface area contributed by atoms with Crippen molar-refractivity contribution >= 4 is 35.3 Å². The fraction of sp³-hybridized carbons (Fsp3) is 0.450. The monoisotopic (exact) mass is 434 g/mol. The van der Waals surface area contributed by atoms with Crippen LogP contribution in [0, 0.1) is 0 Å². The normalized spacial score (nSPS) is 10.9. The minimum absolute atomic E-state index is 0.0476. The van der Waals surface area contributed by atoms with Gasteiger partial charge in [0.05, 0.1) is 36.8 Å². The van der Waals surface area contributed by atoms with Crippen LogP contribution in [-0.2, 0) is 14.3 Å². The molecule has 0 saturated carbocycles. The lowest BCUT2D eigenvalue weighted by molar-refractivity contribution is -0.113. The summed E-state index contributed by atoms with van der Waals surface area (Å²) in [6, 6.07) is 4.37. The molecule has 0 aliphatic carbocycles. The van der Waals surface area contributed by atoms with Crippen LogP contribution in [0.3, 0.4) is 0 Å². The molecule has 0 fully saturated rings. The molecule has 0 unspecified atom stereocenters. The molecular formula is C20H26N4O5S. The third-order valence-electron chi connectivity index (χ3n) is 4.18. The maximum Gasteiger partial charge on any atom is 0.339 e. The van der Waals surface area contributed by atoms with E-state index in [-0.39, 0.29) is 40.4 Å². The molecule has 0 bridgehead atoms. The van der Waals surface area contributed by atoms with Crippen LogP contribution in [-0.4, -0.2) is 52.6 Å². The zero-order valence-corrected chi connectivity index (χ0v) is 18.7. The van der Waals surface area contributed by atoms with Gasteiger partial charge in [0.1, 0.15) is 5.82 Å². The molecule has 162 valence electrons. The van der Waals surface area contributed by atoms with Crippen molar-refractivity contribution in [3.8, 4) is 0 Å². The average molecular weight is 435 g/mol. The Hall–Kier alpha value is -2.88. The largest absolute Gasteiger partial charge is 0.465 e. The first kappa shape index (κ1) is 23.4. The van der Waals surface area contributed by atoms with E-state index in [1.54, 1.807) is 0 Å². The molecule has 0 radical (unpaired) electrons. The van der Waals surface area contributed by atoms with E-state index in [0.29, 0.717) is 5.16 Å². The maximum atomic E-state index is 12.6. The quantitative estimate of drug-likeness (QED) is 0.497. The number of benzene rings is 1. The Balaban J connectivity index is 2.20. The van der Waals surface area contributed by atoms with E-state index >= 15 is 0 Å². The lowest BCUT2D eigenvalue weighted by Gasteiger charge is -2.15. The molecule has 1 amide bonds. The average Bonchev–Trinajstić information content (AvgIpc) is 3.15. The first-order valence-corrected chi connectivity index (χ1v) is 10.4. The molecule has 1 aromatic heterocycles. The number of hydrogen-bond donors (Lipinski definition) is 1. The Bertz CT molecular complexity index is 939. The third kappa shape index (κ3) is 5.38. The lowest BCUT2D eigenvalue weighted by Crippen LogP contribution is -2.18. The Kier molecular flexibility index (Phi) is 7.99. The highest BCUT2D eigenvalue weighted by atomic mass is 32.2. The van der Waals surface area contributed by atoms with E-state index in [0.717, 1.165) is 5.82 Å². The minimum Gasteiger partial charge on any atom is -0.465 e. The van der Waals surface area contributed by atoms with Crippen LogP contribution in [0.25, 0.3) is 0 Å². The van der Waals surface area contributed by atoms with Gasteiger partial charge in [0, 0.05) is 12.0 Å². The van der Waals surface area contributed by atoms with E-state index in [1.165, 1.54) is 44.2 Å². The number of hydrogen-bond acceptors (Lipinski definition) is 8. The van der Waals surface area contributed by atoms with Gasteiger partial charge in [0.2, 0.25) is 5.91 Å². The summed E-state index contributed by atoms with van der Waals surface area (Å²) in [5, 5.41) is 11.7. The van der Waals surface area contributed by atoms with Gasteiger partial charge in [-0.1, -0.05) is 25.6 Å². The van der Waals surface area contributed by atoms with Crippen molar-refractivity contribution in [2.45, 2.75) is 44.8 Å². The van der Waals surface area contributed by atoms with E-state index in [1.807, 2.05) is 32.3 Å². The number of esters is 2. The Labute approximate surface area is 179 Å². The summed E-state index contributed by atoms with van der Waals surface area (Å²) in [4.78, 5) is 36.4. The first-order chi connectivity index (χ1) is 14.2. The van der Waals surface area contributed by atoms with Crippen LogP contribution in [0.5, 0.6) is 0 Å². The molecule has 0 aliphatic heterocycles. The molecule has 2 aromatic rings. The fourth-order valence-electron chi connectivity index (χ4n) is 2.76. The highest BCUT2D eigenvalue weighted by Crippen LogP contribution is 2.26. The number of nitrogens with one attached hydrogen (secondary N) is 1. The van der Waals surface area contributed by atoms with Gasteiger partial charge >= 0.3 is 11.9 Å². The number of anilines is 1. The van der Waals surface area contributed by atoms with Gasteiger partial charge in [-0.25, -0.2) is 9.59 Å². The van der Waals surface area contributed by atoms with Crippen LogP contribution >= 0.6 is 11.8 Å². The second kappa shape index (κ2) is 10.2. The lowest BCUT2D eigenvalue weighted by atomic mass is 10.1. The van der Waals surface area contributed by atoms with E-state index in [4.69, 9.17) is 9.47 Å². The Morgan fingerprint density at radius 1 is 1.07 bits per heavy atom. The second-order valence-electron chi connectivity index (χ2n) is 7.04. The molecular weight excluding hydrogens is 408 g/mol. The molecule has 9 nitrogen and oxygen atoms in total. The number of thioether (sulfide) groups is 1. The van der Waals surface area contributed by atoms with Crippen molar-refractivity contribution in [2.75, 3.05) is 25.3 Å². The number of rotatable bonds is 8. The van der Waals surface area contributed by atoms with E-state index < -0.39 is 11.9 Å². The van der Waals surface area contributed by atoms with Crippen molar-refractivity contribution < 1.29 is 23.9 Å². The van der Waals surface area contributed by atoms with Gasteiger partial charge in [0.15, 0.2) is 5.16 Å². The predicted octanol–water partition coefficient (Wildman–Crippen LogP) is 3.29. The molecule has 1 aromatic carbocycles. The first-order valence-electron chi connectivity index (χ1n) is 9.37. The fourth-order valence-corrected chi connectivity index (χ4v) is 3.64. The number of amides is 1. The summed E-state index contributed by atoms with van der Waals surface area (Å²) in [5.74, 6) is -0.473. The van der Waals surface area contributed by atoms with Gasteiger partial charge in [-0.05, 0) is 32.0 Å². The van der Waals surface area contributed by atoms with Crippen LogP contribution < -0.4 is 5.32 Å². The SMILES string of the molecule is COC(=O)c1ccc(C(=O)OC)c(NC(=O)CSc2nnc(C(C)C)n2C(C)C)c1. The summed E-state index contributed by atoms with van der Waals surface area (Å²) in [6.07, 6.45) is 0. The number of nitrogens with zero attached hydrogens (tertiary/aromatic N) is 3. The van der Waals surface area contributed by atoms with Gasteiger partial charge in [0.25, 0.3) is 0 Å². The van der Waals surface area contributed by atoms with Crippen molar-refractivity contribution in [2.24, 2.45) is 0 Å². The number of aromatic nitrogens is 3. The third-order valence-corrected chi connectivity index (χ3v) is 5.12. The van der Waals surface area contributed by atoms with Crippen molar-refractivity contribution in [1.82, 2.24) is 14.8 Å². The maximum absolute atomic E-state index is 12.6. The van der Waals surface area contributed by atoms with Crippen molar-refractivity contribution in [1.29, 1.82) is 0 Å². The van der Waals surface area contributed by atoms with Gasteiger partial charge in [-0.3, -0.25) is 4.79 Å². The summed E-state index contributed by atoms with van der Waals surface area (Å²) < 4.78 is 11.4. The molecule has 2 rings (SSSR count). The van der Waals surface area contributed by atoms with Gasteiger partial charge in [-0.15, -0.1) is 10.2 Å². The summed E-state index contributed by atoms with van der Waals surface area (Å²) in [7, 11) is 2.49. The summed E-state index contributed by atoms with van der Waals surface area (Å²) in [5.41, 5.74) is 0.508. The zero-order chi connectivity index (χ0) is 22.4. The standard InChI is InChI=1S/C20H26N4O5S/c1-11(2)17-22-23-20(24(17)12(3)4)30-10-16(25)21-15-9-13(18(26)28-5)7-8-14(15)19(27)29-6/h7-9,11-12H,10H2,1-6H3,(H,21,25). The van der Waals surface area contributed by atoms with E-state index in [9.17, 15) is 14.4 Å². The van der Waals surface area contributed by atoms with Crippen LogP contribution in [0.4, 0.5) is 5.69 Å².